The number of aromatic nitrogens is 4. The van der Waals surface area contributed by atoms with E-state index < -0.39 is 101 Å². The summed E-state index contributed by atoms with van der Waals surface area (Å²) in [6, 6.07) is 0.607. The molecule has 5 aliphatic rings. The Morgan fingerprint density at radius 2 is 0.967 bits per heavy atom. The van der Waals surface area contributed by atoms with Gasteiger partial charge in [0, 0.05) is 45.9 Å². The third kappa shape index (κ3) is 17.5. The van der Waals surface area contributed by atoms with E-state index in [2.05, 4.69) is 25.9 Å². The third-order valence-corrected chi connectivity index (χ3v) is 18.0. The predicted molar refractivity (Wildman–Crippen MR) is 305 cm³/mol. The van der Waals surface area contributed by atoms with Crippen molar-refractivity contribution in [3.05, 3.63) is 104 Å². The number of carboxylic acid groups (broad SMARTS) is 1. The van der Waals surface area contributed by atoms with Crippen molar-refractivity contribution in [2.24, 2.45) is 23.7 Å². The van der Waals surface area contributed by atoms with Gasteiger partial charge in [0.15, 0.2) is 11.6 Å². The first-order valence-corrected chi connectivity index (χ1v) is 30.7. The van der Waals surface area contributed by atoms with Crippen molar-refractivity contribution in [3.63, 3.8) is 0 Å². The standard InChI is InChI=1S/C32H38F6N4O4.C29H33BrF6N4O4/c1-18-28(22-12-23(31(33,34)35)14-24(13-22)32(36,37)38)46-30(45)42(18)17-26-29(39-15-25(40-26)21-5-3-4-6-21)41(2)16-20-9-7-19(8-10-20)11-27(43)44;1-4-43-24(41)9-17-5-7-18(8-6-17)14-39(3)26-22(38-23(30)13-37-26)15-40-16(2)25(44-27(40)42)19-10-20(28(31,32)33)12-21(11-19)29(34,35)36/h12-15,18-21,28H,3-11,16-17H2,1-2H3,(H,43,44);10-13,16-18,25H,4-9,14-15H2,1-3H3/t18-,19?,20?,28?;16-,17?,18?,25?/m00/s1. The normalized spacial score (nSPS) is 23.5. The molecule has 3 aliphatic carbocycles. The summed E-state index contributed by atoms with van der Waals surface area (Å²) in [7, 11) is 3.70. The third-order valence-electron chi connectivity index (χ3n) is 17.7. The minimum atomic E-state index is -5.03. The van der Waals surface area contributed by atoms with E-state index in [1.54, 1.807) is 13.1 Å². The summed E-state index contributed by atoms with van der Waals surface area (Å²) in [5.74, 6) is 1.26. The number of halogens is 13. The van der Waals surface area contributed by atoms with Gasteiger partial charge in [0.25, 0.3) is 0 Å². The number of benzene rings is 2. The fourth-order valence-corrected chi connectivity index (χ4v) is 13.2. The molecule has 5 fully saturated rings. The predicted octanol–water partition coefficient (Wildman–Crippen LogP) is 15.5. The van der Waals surface area contributed by atoms with Gasteiger partial charge in [-0.15, -0.1) is 0 Å². The van der Waals surface area contributed by atoms with E-state index in [9.17, 15) is 71.9 Å². The van der Waals surface area contributed by atoms with Crippen LogP contribution in [-0.2, 0) is 61.6 Å². The van der Waals surface area contributed by atoms with Gasteiger partial charge in [-0.1, -0.05) is 12.8 Å². The van der Waals surface area contributed by atoms with Gasteiger partial charge in [-0.2, -0.15) is 52.7 Å². The number of esters is 1. The van der Waals surface area contributed by atoms with Crippen molar-refractivity contribution < 1.29 is 91.2 Å². The molecule has 16 nitrogen and oxygen atoms in total. The fourth-order valence-electron chi connectivity index (χ4n) is 12.9. The van der Waals surface area contributed by atoms with Crippen molar-refractivity contribution in [3.8, 4) is 0 Å². The van der Waals surface area contributed by atoms with Crippen LogP contribution in [0.2, 0.25) is 0 Å². The molecule has 2 aromatic carbocycles. The SMILES string of the molecule is CCOC(=O)CC1CCC(CN(C)c2ncc(Br)nc2CN2C(=O)OC(c3cc(C(F)(F)F)cc(C(F)(F)F)c3)[C@@H]2C)CC1.C[C@H]1C(c2cc(C(F)(F)F)cc(C(F)(F)F)c2)OC(=O)N1Cc1nc(C2CCCC2)cnc1N(C)CC1CCC(CC(=O)O)CC1. The van der Waals surface area contributed by atoms with Gasteiger partial charge in [-0.05, 0) is 172 Å². The smallest absolute Gasteiger partial charge is 0.416 e. The molecule has 2 amide bonds. The highest BCUT2D eigenvalue weighted by Crippen LogP contribution is 2.45. The molecular formula is C61H71BrF12N8O8. The Bertz CT molecular complexity index is 3120. The lowest BCUT2D eigenvalue weighted by molar-refractivity contribution is -0.145. The lowest BCUT2D eigenvalue weighted by Gasteiger charge is -2.32. The maximum absolute atomic E-state index is 13.6. The average molecular weight is 1350 g/mol. The summed E-state index contributed by atoms with van der Waals surface area (Å²) in [5, 5.41) is 9.13. The molecule has 2 saturated heterocycles. The average Bonchev–Trinajstić information content (AvgIpc) is 1.72. The van der Waals surface area contributed by atoms with Gasteiger partial charge < -0.3 is 29.1 Å². The lowest BCUT2D eigenvalue weighted by atomic mass is 9.80. The first-order valence-electron chi connectivity index (χ1n) is 29.9. The molecule has 29 heteroatoms. The zero-order chi connectivity index (χ0) is 65.8. The molecule has 2 aliphatic heterocycles. The van der Waals surface area contributed by atoms with Crippen molar-refractivity contribution in [1.29, 1.82) is 0 Å². The number of carboxylic acids is 1. The molecular weight excluding hydrogens is 1280 g/mol. The maximum Gasteiger partial charge on any atom is 0.416 e. The summed E-state index contributed by atoms with van der Waals surface area (Å²) in [6.45, 7) is 6.16. The van der Waals surface area contributed by atoms with E-state index in [0.717, 1.165) is 82.7 Å². The number of carbonyl (C=O) groups excluding carboxylic acids is 3. The van der Waals surface area contributed by atoms with Crippen molar-refractivity contribution in [2.75, 3.05) is 43.6 Å². The second kappa shape index (κ2) is 28.5. The van der Waals surface area contributed by atoms with E-state index in [4.69, 9.17) is 29.3 Å². The number of hydrogen-bond acceptors (Lipinski definition) is 13. The molecule has 9 rings (SSSR count). The molecule has 494 valence electrons. The van der Waals surface area contributed by atoms with Crippen LogP contribution in [0.15, 0.2) is 53.4 Å². The molecule has 0 radical (unpaired) electrons. The number of rotatable bonds is 18. The molecule has 0 spiro atoms. The van der Waals surface area contributed by atoms with Gasteiger partial charge >= 0.3 is 48.8 Å². The van der Waals surface area contributed by atoms with E-state index >= 15 is 0 Å². The molecule has 2 unspecified atom stereocenters. The van der Waals surface area contributed by atoms with Crippen LogP contribution in [0.25, 0.3) is 0 Å². The van der Waals surface area contributed by atoms with E-state index in [0.29, 0.717) is 89.8 Å². The highest BCUT2D eigenvalue weighted by atomic mass is 79.9. The van der Waals surface area contributed by atoms with Crippen LogP contribution in [-0.4, -0.2) is 105 Å². The molecule has 90 heavy (non-hydrogen) atoms. The second-order valence-corrected chi connectivity index (χ2v) is 25.0. The Hall–Kier alpha value is -6.68. The van der Waals surface area contributed by atoms with Crippen molar-refractivity contribution in [1.82, 2.24) is 29.7 Å². The van der Waals surface area contributed by atoms with E-state index in [1.807, 2.05) is 23.9 Å². The number of ether oxygens (including phenoxy) is 3. The highest BCUT2D eigenvalue weighted by molar-refractivity contribution is 9.10. The zero-order valence-electron chi connectivity index (χ0n) is 50.0. The molecule has 3 saturated carbocycles. The fraction of sp³-hybridized carbons (Fsp3) is 0.607. The lowest BCUT2D eigenvalue weighted by Crippen LogP contribution is -2.34. The number of amides is 2. The molecule has 0 bridgehead atoms. The minimum absolute atomic E-state index is 0.0365. The summed E-state index contributed by atoms with van der Waals surface area (Å²) in [5.41, 5.74) is -5.10. The van der Waals surface area contributed by atoms with Crippen LogP contribution in [0.4, 0.5) is 73.9 Å². The minimum Gasteiger partial charge on any atom is -0.481 e. The Morgan fingerprint density at radius 1 is 0.589 bits per heavy atom. The number of cyclic esters (lactones) is 2. The maximum atomic E-state index is 13.6. The van der Waals surface area contributed by atoms with Crippen LogP contribution in [0.3, 0.4) is 0 Å². The first kappa shape index (κ1) is 69.2. The van der Waals surface area contributed by atoms with Gasteiger partial charge in [0.05, 0.1) is 72.1 Å². The largest absolute Gasteiger partial charge is 0.481 e. The number of hydrogen-bond donors (Lipinski definition) is 1. The van der Waals surface area contributed by atoms with Gasteiger partial charge in [-0.3, -0.25) is 24.4 Å². The highest BCUT2D eigenvalue weighted by Gasteiger charge is 2.46. The van der Waals surface area contributed by atoms with Crippen LogP contribution < -0.4 is 9.80 Å². The number of carbonyl (C=O) groups is 4. The van der Waals surface area contributed by atoms with Crippen LogP contribution in [0.1, 0.15) is 179 Å². The topological polar surface area (TPSA) is 181 Å². The van der Waals surface area contributed by atoms with Gasteiger partial charge in [0.2, 0.25) is 0 Å². The van der Waals surface area contributed by atoms with Crippen molar-refractivity contribution in [2.45, 2.75) is 179 Å². The van der Waals surface area contributed by atoms with Crippen molar-refractivity contribution >= 4 is 51.7 Å². The molecule has 4 aromatic rings. The molecule has 1 N–H and O–H groups in total. The quantitative estimate of drug-likeness (QED) is 0.0564. The molecule has 4 heterocycles. The van der Waals surface area contributed by atoms with E-state index in [-0.39, 0.29) is 55.4 Å². The summed E-state index contributed by atoms with van der Waals surface area (Å²) < 4.78 is 178. The number of alkyl halides is 12. The summed E-state index contributed by atoms with van der Waals surface area (Å²) >= 11 is 3.28. The number of anilines is 2. The number of nitrogens with zero attached hydrogens (tertiary/aromatic N) is 8. The Balaban J connectivity index is 0.000000233. The van der Waals surface area contributed by atoms with Gasteiger partial charge in [0.1, 0.15) is 28.2 Å². The van der Waals surface area contributed by atoms with Crippen LogP contribution >= 0.6 is 15.9 Å². The van der Waals surface area contributed by atoms with E-state index in [1.165, 1.54) is 29.8 Å². The first-order chi connectivity index (χ1) is 42.2. The summed E-state index contributed by atoms with van der Waals surface area (Å²) in [6.07, 6.45) is -9.91. The zero-order valence-corrected chi connectivity index (χ0v) is 51.6. The van der Waals surface area contributed by atoms with Gasteiger partial charge in [-0.25, -0.2) is 24.5 Å². The molecule has 2 aromatic heterocycles. The van der Waals surface area contributed by atoms with Crippen LogP contribution in [0, 0.1) is 23.7 Å². The Labute approximate surface area is 520 Å². The monoisotopic (exact) mass is 1350 g/mol. The second-order valence-electron chi connectivity index (χ2n) is 24.2. The Morgan fingerprint density at radius 3 is 1.36 bits per heavy atom. The summed E-state index contributed by atoms with van der Waals surface area (Å²) in [4.78, 5) is 74.0. The number of aliphatic carboxylic acids is 1. The Kier molecular flexibility index (Phi) is 21.9. The molecule has 4 atom stereocenters. The van der Waals surface area contributed by atoms with Crippen LogP contribution in [0.5, 0.6) is 0 Å².